The number of nitrogens with one attached hydrogen (secondary N) is 1. The van der Waals surface area contributed by atoms with E-state index in [1.807, 2.05) is 17.0 Å². The molecule has 4 aliphatic heterocycles. The van der Waals surface area contributed by atoms with E-state index in [-0.39, 0.29) is 30.3 Å². The molecule has 9 nitrogen and oxygen atoms in total. The minimum atomic E-state index is -0.313. The highest BCUT2D eigenvalue weighted by atomic mass is 16.6. The number of piperidine rings is 1. The van der Waals surface area contributed by atoms with E-state index in [9.17, 15) is 14.4 Å². The summed E-state index contributed by atoms with van der Waals surface area (Å²) >= 11 is 0. The van der Waals surface area contributed by atoms with Gasteiger partial charge in [-0.2, -0.15) is 0 Å². The number of ether oxygens (including phenoxy) is 2. The molecule has 2 aromatic rings. The van der Waals surface area contributed by atoms with Crippen molar-refractivity contribution < 1.29 is 23.9 Å². The summed E-state index contributed by atoms with van der Waals surface area (Å²) in [7, 11) is 0. The molecule has 4 aliphatic rings. The number of hydrogen-bond acceptors (Lipinski definition) is 6. The zero-order valence-corrected chi connectivity index (χ0v) is 20.2. The maximum absolute atomic E-state index is 13.6. The van der Waals surface area contributed by atoms with E-state index in [2.05, 4.69) is 10.2 Å². The molecule has 1 N–H and O–H groups in total. The smallest absolute Gasteiger partial charge is 0.253 e. The molecule has 0 aromatic heterocycles. The van der Waals surface area contributed by atoms with Crippen LogP contribution in [-0.4, -0.2) is 68.1 Å². The van der Waals surface area contributed by atoms with Gasteiger partial charge in [-0.15, -0.1) is 0 Å². The zero-order valence-electron chi connectivity index (χ0n) is 20.2. The number of carbonyl (C=O) groups excluding carboxylic acids is 3. The van der Waals surface area contributed by atoms with Crippen LogP contribution in [0.3, 0.4) is 0 Å². The van der Waals surface area contributed by atoms with E-state index in [0.717, 1.165) is 57.4 Å². The van der Waals surface area contributed by atoms with Crippen molar-refractivity contribution in [2.24, 2.45) is 0 Å². The van der Waals surface area contributed by atoms with Gasteiger partial charge in [0.2, 0.25) is 11.8 Å². The molecule has 0 saturated carbocycles. The summed E-state index contributed by atoms with van der Waals surface area (Å²) in [6, 6.07) is 10.6. The average molecular weight is 491 g/mol. The van der Waals surface area contributed by atoms with E-state index in [4.69, 9.17) is 9.47 Å². The predicted molar refractivity (Wildman–Crippen MR) is 135 cm³/mol. The normalized spacial score (nSPS) is 20.6. The van der Waals surface area contributed by atoms with Crippen LogP contribution in [0, 0.1) is 0 Å². The monoisotopic (exact) mass is 490 g/mol. The Hall–Kier alpha value is -3.75. The van der Waals surface area contributed by atoms with Crippen LogP contribution in [0.15, 0.2) is 36.4 Å². The van der Waals surface area contributed by atoms with Gasteiger partial charge in [0.05, 0.1) is 11.4 Å². The Morgan fingerprint density at radius 2 is 1.67 bits per heavy atom. The second kappa shape index (κ2) is 9.37. The van der Waals surface area contributed by atoms with E-state index in [0.29, 0.717) is 41.7 Å². The first-order chi connectivity index (χ1) is 17.6. The van der Waals surface area contributed by atoms with Gasteiger partial charge in [-0.25, -0.2) is 0 Å². The Bertz CT molecular complexity index is 1210. The van der Waals surface area contributed by atoms with Gasteiger partial charge < -0.3 is 24.6 Å². The van der Waals surface area contributed by atoms with Gasteiger partial charge in [0.1, 0.15) is 25.8 Å². The SMILES string of the molecule is O=C(CN1C(=O)C2CCCCN2c2ccc(C(=O)N3CCCC3)cc21)Nc1ccc2c(c1)OCCO2. The van der Waals surface area contributed by atoms with E-state index in [1.165, 1.54) is 0 Å². The molecule has 3 amide bonds. The van der Waals surface area contributed by atoms with Crippen molar-refractivity contribution in [1.82, 2.24) is 4.90 Å². The number of nitrogens with zero attached hydrogens (tertiary/aromatic N) is 3. The molecule has 188 valence electrons. The Morgan fingerprint density at radius 1 is 0.889 bits per heavy atom. The topological polar surface area (TPSA) is 91.4 Å². The van der Waals surface area contributed by atoms with Crippen molar-refractivity contribution in [3.8, 4) is 11.5 Å². The molecular weight excluding hydrogens is 460 g/mol. The molecule has 9 heteroatoms. The van der Waals surface area contributed by atoms with Gasteiger partial charge in [-0.1, -0.05) is 0 Å². The molecule has 0 bridgehead atoms. The molecule has 1 unspecified atom stereocenters. The third kappa shape index (κ3) is 4.12. The second-order valence-corrected chi connectivity index (χ2v) is 9.74. The first-order valence-electron chi connectivity index (χ1n) is 12.8. The Kier molecular flexibility index (Phi) is 5.91. The third-order valence-electron chi connectivity index (χ3n) is 7.40. The van der Waals surface area contributed by atoms with Gasteiger partial charge in [0, 0.05) is 37.0 Å². The Labute approximate surface area is 209 Å². The van der Waals surface area contributed by atoms with Crippen molar-refractivity contribution in [1.29, 1.82) is 0 Å². The molecular formula is C27H30N4O5. The van der Waals surface area contributed by atoms with Crippen LogP contribution in [0.1, 0.15) is 42.5 Å². The lowest BCUT2D eigenvalue weighted by molar-refractivity contribution is -0.123. The van der Waals surface area contributed by atoms with Gasteiger partial charge in [-0.05, 0) is 62.4 Å². The number of rotatable bonds is 4. The molecule has 1 atom stereocenters. The van der Waals surface area contributed by atoms with Crippen LogP contribution in [0.4, 0.5) is 17.1 Å². The third-order valence-corrected chi connectivity index (χ3v) is 7.40. The minimum Gasteiger partial charge on any atom is -0.486 e. The highest BCUT2D eigenvalue weighted by Gasteiger charge is 2.40. The zero-order chi connectivity index (χ0) is 24.6. The number of amides is 3. The molecule has 36 heavy (non-hydrogen) atoms. The summed E-state index contributed by atoms with van der Waals surface area (Å²) in [5.74, 6) is 0.800. The lowest BCUT2D eigenvalue weighted by Gasteiger charge is -2.45. The van der Waals surface area contributed by atoms with Gasteiger partial charge in [0.25, 0.3) is 5.91 Å². The number of carbonyl (C=O) groups is 3. The van der Waals surface area contributed by atoms with Crippen molar-refractivity contribution in [2.45, 2.75) is 38.1 Å². The van der Waals surface area contributed by atoms with Crippen molar-refractivity contribution in [3.63, 3.8) is 0 Å². The van der Waals surface area contributed by atoms with Crippen LogP contribution in [0.5, 0.6) is 11.5 Å². The predicted octanol–water partition coefficient (Wildman–Crippen LogP) is 3.04. The minimum absolute atomic E-state index is 0.0239. The van der Waals surface area contributed by atoms with Crippen LogP contribution in [-0.2, 0) is 9.59 Å². The van der Waals surface area contributed by atoms with Gasteiger partial charge >= 0.3 is 0 Å². The fraction of sp³-hybridized carbons (Fsp3) is 0.444. The number of hydrogen-bond donors (Lipinski definition) is 1. The number of anilines is 3. The lowest BCUT2D eigenvalue weighted by atomic mass is 9.95. The largest absolute Gasteiger partial charge is 0.486 e. The maximum Gasteiger partial charge on any atom is 0.253 e. The van der Waals surface area contributed by atoms with Gasteiger partial charge in [0.15, 0.2) is 11.5 Å². The summed E-state index contributed by atoms with van der Waals surface area (Å²) in [6.45, 7) is 3.12. The van der Waals surface area contributed by atoms with Crippen molar-refractivity contribution in [2.75, 3.05) is 54.5 Å². The first kappa shape index (κ1) is 22.7. The number of likely N-dealkylation sites (tertiary alicyclic amines) is 1. The summed E-state index contributed by atoms with van der Waals surface area (Å²) < 4.78 is 11.2. The first-order valence-corrected chi connectivity index (χ1v) is 12.8. The summed E-state index contributed by atoms with van der Waals surface area (Å²) in [6.07, 6.45) is 4.77. The molecule has 0 radical (unpaired) electrons. The summed E-state index contributed by atoms with van der Waals surface area (Å²) in [4.78, 5) is 45.4. The van der Waals surface area contributed by atoms with Crippen LogP contribution >= 0.6 is 0 Å². The maximum atomic E-state index is 13.6. The van der Waals surface area contributed by atoms with Crippen molar-refractivity contribution in [3.05, 3.63) is 42.0 Å². The molecule has 0 aliphatic carbocycles. The molecule has 2 fully saturated rings. The molecule has 0 spiro atoms. The van der Waals surface area contributed by atoms with Crippen LogP contribution in [0.2, 0.25) is 0 Å². The quantitative estimate of drug-likeness (QED) is 0.709. The summed E-state index contributed by atoms with van der Waals surface area (Å²) in [5, 5.41) is 2.89. The number of fused-ring (bicyclic) bond motifs is 4. The number of benzene rings is 2. The van der Waals surface area contributed by atoms with Crippen molar-refractivity contribution >= 4 is 34.8 Å². The Balaban J connectivity index is 1.28. The molecule has 6 rings (SSSR count). The molecule has 4 heterocycles. The highest BCUT2D eigenvalue weighted by molar-refractivity contribution is 6.11. The van der Waals surface area contributed by atoms with E-state index >= 15 is 0 Å². The fourth-order valence-corrected chi connectivity index (χ4v) is 5.62. The standard InChI is InChI=1S/C27H30N4O5/c32-25(28-19-7-9-23-24(16-19)36-14-13-35-23)17-31-22-15-18(26(33)29-10-3-4-11-29)6-8-20(22)30-12-2-1-5-21(30)27(31)34/h6-9,15-16,21H,1-5,10-14,17H2,(H,28,32). The van der Waals surface area contributed by atoms with E-state index in [1.54, 1.807) is 29.2 Å². The van der Waals surface area contributed by atoms with Crippen LogP contribution < -0.4 is 24.6 Å². The molecule has 2 saturated heterocycles. The average Bonchev–Trinajstić information content (AvgIpc) is 3.45. The highest BCUT2D eigenvalue weighted by Crippen LogP contribution is 2.40. The second-order valence-electron chi connectivity index (χ2n) is 9.74. The lowest BCUT2D eigenvalue weighted by Crippen LogP contribution is -2.56. The molecule has 2 aromatic carbocycles. The Morgan fingerprint density at radius 3 is 2.50 bits per heavy atom. The van der Waals surface area contributed by atoms with Crippen LogP contribution in [0.25, 0.3) is 0 Å². The van der Waals surface area contributed by atoms with E-state index < -0.39 is 0 Å². The summed E-state index contributed by atoms with van der Waals surface area (Å²) in [5.41, 5.74) is 2.66. The van der Waals surface area contributed by atoms with Gasteiger partial charge in [-0.3, -0.25) is 19.3 Å². The fourth-order valence-electron chi connectivity index (χ4n) is 5.62.